The van der Waals surface area contributed by atoms with Gasteiger partial charge in [0.2, 0.25) is 0 Å². The summed E-state index contributed by atoms with van der Waals surface area (Å²) in [4.78, 5) is 7.53. The van der Waals surface area contributed by atoms with Gasteiger partial charge in [0.15, 0.2) is 0 Å². The minimum Gasteiger partial charge on any atom is -0.347 e. The average molecular weight is 262 g/mol. The molecule has 2 aromatic heterocycles. The predicted molar refractivity (Wildman–Crippen MR) is 73.7 cm³/mol. The summed E-state index contributed by atoms with van der Waals surface area (Å²) in [5, 5.41) is 11.5. The molecule has 4 nitrogen and oxygen atoms in total. The van der Waals surface area contributed by atoms with E-state index in [-0.39, 0.29) is 0 Å². The number of rotatable bonds is 4. The standard InChI is InChI=1S/C13H18N4S/c1-9-6-18-7-10(9)3-14-4-11-2-12-13(5-15-11)17-8-16-12/h6-8,11,14-15H,2-5H2,1H3,(H,16,17). The zero-order valence-corrected chi connectivity index (χ0v) is 11.3. The Morgan fingerprint density at radius 3 is 3.28 bits per heavy atom. The summed E-state index contributed by atoms with van der Waals surface area (Å²) in [6, 6.07) is 0.486. The SMILES string of the molecule is Cc1cscc1CNCC1Cc2nc[nH]c2CN1. The molecular formula is C13H18N4S. The molecule has 0 aromatic carbocycles. The second kappa shape index (κ2) is 5.22. The van der Waals surface area contributed by atoms with E-state index < -0.39 is 0 Å². The fourth-order valence-electron chi connectivity index (χ4n) is 2.32. The summed E-state index contributed by atoms with van der Waals surface area (Å²) in [6.45, 7) is 5.02. The van der Waals surface area contributed by atoms with E-state index in [4.69, 9.17) is 0 Å². The molecule has 1 unspecified atom stereocenters. The van der Waals surface area contributed by atoms with E-state index in [1.807, 2.05) is 0 Å². The first-order valence-electron chi connectivity index (χ1n) is 6.30. The summed E-state index contributed by atoms with van der Waals surface area (Å²) in [5.41, 5.74) is 5.25. The van der Waals surface area contributed by atoms with E-state index in [0.717, 1.165) is 26.1 Å². The fraction of sp³-hybridized carbons (Fsp3) is 0.462. The highest BCUT2D eigenvalue weighted by atomic mass is 32.1. The Morgan fingerprint density at radius 2 is 2.44 bits per heavy atom. The van der Waals surface area contributed by atoms with Gasteiger partial charge in [-0.05, 0) is 28.8 Å². The van der Waals surface area contributed by atoms with E-state index in [2.05, 4.69) is 38.3 Å². The fourth-order valence-corrected chi connectivity index (χ4v) is 3.18. The lowest BCUT2D eigenvalue weighted by Gasteiger charge is -2.23. The molecule has 3 rings (SSSR count). The van der Waals surface area contributed by atoms with Gasteiger partial charge in [0.25, 0.3) is 0 Å². The van der Waals surface area contributed by atoms with Crippen molar-refractivity contribution in [2.75, 3.05) is 6.54 Å². The number of thiophene rings is 1. The number of nitrogens with one attached hydrogen (secondary N) is 3. The van der Waals surface area contributed by atoms with Gasteiger partial charge in [-0.1, -0.05) is 0 Å². The van der Waals surface area contributed by atoms with Crippen molar-refractivity contribution in [1.82, 2.24) is 20.6 Å². The van der Waals surface area contributed by atoms with E-state index in [1.54, 1.807) is 17.7 Å². The van der Waals surface area contributed by atoms with Gasteiger partial charge in [0.05, 0.1) is 17.7 Å². The smallest absolute Gasteiger partial charge is 0.0925 e. The maximum absolute atomic E-state index is 4.36. The highest BCUT2D eigenvalue weighted by Gasteiger charge is 2.19. The number of aromatic nitrogens is 2. The third-order valence-corrected chi connectivity index (χ3v) is 4.39. The lowest BCUT2D eigenvalue weighted by molar-refractivity contribution is 0.441. The monoisotopic (exact) mass is 262 g/mol. The number of aryl methyl sites for hydroxylation is 1. The molecule has 0 fully saturated rings. The molecule has 0 amide bonds. The number of imidazole rings is 1. The van der Waals surface area contributed by atoms with Crippen LogP contribution in [0, 0.1) is 6.92 Å². The summed E-state index contributed by atoms with van der Waals surface area (Å²) >= 11 is 1.77. The molecule has 18 heavy (non-hydrogen) atoms. The van der Waals surface area contributed by atoms with Crippen LogP contribution >= 0.6 is 11.3 Å². The molecule has 0 saturated carbocycles. The summed E-state index contributed by atoms with van der Waals surface area (Å²) in [5.74, 6) is 0. The Labute approximate surface area is 111 Å². The Balaban J connectivity index is 1.49. The van der Waals surface area contributed by atoms with Crippen LogP contribution < -0.4 is 10.6 Å². The highest BCUT2D eigenvalue weighted by Crippen LogP contribution is 2.14. The zero-order chi connectivity index (χ0) is 12.4. The molecule has 3 N–H and O–H groups in total. The maximum Gasteiger partial charge on any atom is 0.0925 e. The van der Waals surface area contributed by atoms with Gasteiger partial charge in [0, 0.05) is 32.1 Å². The molecule has 1 aliphatic heterocycles. The Bertz CT molecular complexity index is 517. The van der Waals surface area contributed by atoms with Crippen LogP contribution in [0.15, 0.2) is 17.1 Å². The van der Waals surface area contributed by atoms with Crippen molar-refractivity contribution in [3.05, 3.63) is 39.6 Å². The van der Waals surface area contributed by atoms with Crippen LogP contribution in [0.1, 0.15) is 22.5 Å². The van der Waals surface area contributed by atoms with Crippen LogP contribution in [0.5, 0.6) is 0 Å². The second-order valence-electron chi connectivity index (χ2n) is 4.82. The molecule has 0 saturated heterocycles. The first-order valence-corrected chi connectivity index (χ1v) is 7.24. The Hall–Kier alpha value is -1.17. The van der Waals surface area contributed by atoms with E-state index in [0.29, 0.717) is 6.04 Å². The third-order valence-electron chi connectivity index (χ3n) is 3.48. The second-order valence-corrected chi connectivity index (χ2v) is 5.56. The van der Waals surface area contributed by atoms with E-state index in [9.17, 15) is 0 Å². The highest BCUT2D eigenvalue weighted by molar-refractivity contribution is 7.08. The van der Waals surface area contributed by atoms with Gasteiger partial charge < -0.3 is 15.6 Å². The van der Waals surface area contributed by atoms with Crippen molar-refractivity contribution < 1.29 is 0 Å². The molecule has 5 heteroatoms. The van der Waals surface area contributed by atoms with E-state index >= 15 is 0 Å². The number of hydrogen-bond acceptors (Lipinski definition) is 4. The molecule has 0 radical (unpaired) electrons. The first kappa shape index (κ1) is 11.9. The average Bonchev–Trinajstić information content (AvgIpc) is 2.98. The normalized spacial score (nSPS) is 18.8. The lowest BCUT2D eigenvalue weighted by Crippen LogP contribution is -2.42. The molecule has 1 aliphatic rings. The van der Waals surface area contributed by atoms with Crippen molar-refractivity contribution in [3.8, 4) is 0 Å². The summed E-state index contributed by atoms with van der Waals surface area (Å²) < 4.78 is 0. The molecule has 0 bridgehead atoms. The number of H-pyrrole nitrogens is 1. The maximum atomic E-state index is 4.36. The number of nitrogens with zero attached hydrogens (tertiary/aromatic N) is 1. The first-order chi connectivity index (χ1) is 8.83. The molecule has 2 aromatic rings. The van der Waals surface area contributed by atoms with Gasteiger partial charge in [-0.15, -0.1) is 0 Å². The van der Waals surface area contributed by atoms with Crippen LogP contribution in [0.25, 0.3) is 0 Å². The van der Waals surface area contributed by atoms with Crippen molar-refractivity contribution in [1.29, 1.82) is 0 Å². The van der Waals surface area contributed by atoms with Crippen LogP contribution in [0.3, 0.4) is 0 Å². The van der Waals surface area contributed by atoms with Gasteiger partial charge in [-0.25, -0.2) is 4.98 Å². The van der Waals surface area contributed by atoms with Crippen molar-refractivity contribution >= 4 is 11.3 Å². The lowest BCUT2D eigenvalue weighted by atomic mass is 10.1. The van der Waals surface area contributed by atoms with Crippen molar-refractivity contribution in [3.63, 3.8) is 0 Å². The Kier molecular flexibility index (Phi) is 3.45. The Morgan fingerprint density at radius 1 is 1.50 bits per heavy atom. The van der Waals surface area contributed by atoms with Crippen molar-refractivity contribution in [2.24, 2.45) is 0 Å². The minimum atomic E-state index is 0.486. The number of fused-ring (bicyclic) bond motifs is 1. The molecule has 96 valence electrons. The van der Waals surface area contributed by atoms with Crippen molar-refractivity contribution in [2.45, 2.75) is 32.5 Å². The predicted octanol–water partition coefficient (Wildman–Crippen LogP) is 1.58. The van der Waals surface area contributed by atoms with Crippen LogP contribution in [0.2, 0.25) is 0 Å². The summed E-state index contributed by atoms with van der Waals surface area (Å²) in [7, 11) is 0. The van der Waals surface area contributed by atoms with Crippen LogP contribution in [0.4, 0.5) is 0 Å². The molecule has 1 atom stereocenters. The minimum absolute atomic E-state index is 0.486. The van der Waals surface area contributed by atoms with Gasteiger partial charge in [-0.3, -0.25) is 0 Å². The topological polar surface area (TPSA) is 52.7 Å². The van der Waals surface area contributed by atoms with Crippen LogP contribution in [-0.2, 0) is 19.5 Å². The van der Waals surface area contributed by atoms with Gasteiger partial charge >= 0.3 is 0 Å². The van der Waals surface area contributed by atoms with Gasteiger partial charge in [-0.2, -0.15) is 11.3 Å². The molecule has 0 spiro atoms. The van der Waals surface area contributed by atoms with E-state index in [1.165, 1.54) is 22.5 Å². The zero-order valence-electron chi connectivity index (χ0n) is 10.5. The molecule has 0 aliphatic carbocycles. The largest absolute Gasteiger partial charge is 0.347 e. The van der Waals surface area contributed by atoms with Gasteiger partial charge in [0.1, 0.15) is 0 Å². The quantitative estimate of drug-likeness (QED) is 0.784. The molecule has 3 heterocycles. The molecular weight excluding hydrogens is 244 g/mol. The number of hydrogen-bond donors (Lipinski definition) is 3. The number of aromatic amines is 1. The summed E-state index contributed by atoms with van der Waals surface area (Å²) in [6.07, 6.45) is 2.80. The third kappa shape index (κ3) is 2.48. The van der Waals surface area contributed by atoms with Crippen LogP contribution in [-0.4, -0.2) is 22.6 Å².